The Kier molecular flexibility index (Phi) is 3.85. The number of Topliss-reactive ketones (excluding diaryl/α,β-unsaturated/α-hetero) is 1. The molecule has 0 aliphatic carbocycles. The Bertz CT molecular complexity index is 881. The van der Waals surface area contributed by atoms with Gasteiger partial charge in [0.1, 0.15) is 5.75 Å². The number of ether oxygens (including phenoxy) is 1. The lowest BCUT2D eigenvalue weighted by Crippen LogP contribution is -2.24. The second-order valence-corrected chi connectivity index (χ2v) is 5.21. The minimum absolute atomic E-state index is 0.0324. The fourth-order valence-electron chi connectivity index (χ4n) is 2.41. The van der Waals surface area contributed by atoms with Gasteiger partial charge in [0.2, 0.25) is 5.78 Å². The highest BCUT2D eigenvalue weighted by Crippen LogP contribution is 2.20. The molecular formula is C18H15NO4. The number of aromatic hydroxyl groups is 1. The zero-order valence-electron chi connectivity index (χ0n) is 12.4. The van der Waals surface area contributed by atoms with Gasteiger partial charge in [-0.05, 0) is 31.2 Å². The van der Waals surface area contributed by atoms with Gasteiger partial charge in [-0.15, -0.1) is 0 Å². The molecule has 5 heteroatoms. The van der Waals surface area contributed by atoms with Crippen LogP contribution in [0, 0.1) is 0 Å². The summed E-state index contributed by atoms with van der Waals surface area (Å²) in [6.45, 7) is 1.53. The van der Waals surface area contributed by atoms with Crippen LogP contribution >= 0.6 is 0 Å². The number of nitrogens with one attached hydrogen (secondary N) is 1. The van der Waals surface area contributed by atoms with Gasteiger partial charge >= 0.3 is 5.97 Å². The lowest BCUT2D eigenvalue weighted by atomic mass is 10.1. The first-order chi connectivity index (χ1) is 11.1. The molecule has 2 aromatic carbocycles. The van der Waals surface area contributed by atoms with Crippen LogP contribution in [0.3, 0.4) is 0 Å². The highest BCUT2D eigenvalue weighted by molar-refractivity contribution is 6.10. The SMILES string of the molecule is CC(OC(=O)c1cccc(O)c1)C(=O)c1c[nH]c2ccccc12. The molecule has 5 nitrogen and oxygen atoms in total. The Labute approximate surface area is 132 Å². The van der Waals surface area contributed by atoms with Gasteiger partial charge < -0.3 is 14.8 Å². The molecule has 2 N–H and O–H groups in total. The molecule has 23 heavy (non-hydrogen) atoms. The van der Waals surface area contributed by atoms with Crippen LogP contribution in [-0.4, -0.2) is 27.9 Å². The summed E-state index contributed by atoms with van der Waals surface area (Å²) < 4.78 is 5.21. The highest BCUT2D eigenvalue weighted by Gasteiger charge is 2.22. The molecule has 0 aliphatic rings. The Morgan fingerprint density at radius 1 is 1.13 bits per heavy atom. The number of ketones is 1. The Balaban J connectivity index is 1.79. The van der Waals surface area contributed by atoms with Crippen LogP contribution in [0.2, 0.25) is 0 Å². The van der Waals surface area contributed by atoms with Crippen LogP contribution in [0.15, 0.2) is 54.7 Å². The molecule has 1 heterocycles. The number of rotatable bonds is 4. The number of phenols is 1. The summed E-state index contributed by atoms with van der Waals surface area (Å²) in [5.74, 6) is -0.965. The van der Waals surface area contributed by atoms with Crippen molar-refractivity contribution in [1.82, 2.24) is 4.98 Å². The van der Waals surface area contributed by atoms with E-state index in [1.54, 1.807) is 6.20 Å². The number of para-hydroxylation sites is 1. The standard InChI is InChI=1S/C18H15NO4/c1-11(23-18(22)12-5-4-6-13(20)9-12)17(21)15-10-19-16-8-3-2-7-14(15)16/h2-11,19-20H,1H3. The number of H-pyrrole nitrogens is 1. The molecule has 1 unspecified atom stereocenters. The van der Waals surface area contributed by atoms with Crippen molar-refractivity contribution < 1.29 is 19.4 Å². The Morgan fingerprint density at radius 2 is 1.91 bits per heavy atom. The lowest BCUT2D eigenvalue weighted by molar-refractivity contribution is 0.0319. The van der Waals surface area contributed by atoms with E-state index in [4.69, 9.17) is 4.74 Å². The zero-order chi connectivity index (χ0) is 16.4. The summed E-state index contributed by atoms with van der Waals surface area (Å²) in [7, 11) is 0. The summed E-state index contributed by atoms with van der Waals surface area (Å²) in [6.07, 6.45) is 0.690. The molecule has 3 rings (SSSR count). The van der Waals surface area contributed by atoms with E-state index >= 15 is 0 Å². The van der Waals surface area contributed by atoms with Crippen LogP contribution in [-0.2, 0) is 4.74 Å². The lowest BCUT2D eigenvalue weighted by Gasteiger charge is -2.12. The minimum Gasteiger partial charge on any atom is -0.508 e. The van der Waals surface area contributed by atoms with Gasteiger partial charge in [0.15, 0.2) is 6.10 Å². The van der Waals surface area contributed by atoms with Gasteiger partial charge in [-0.2, -0.15) is 0 Å². The molecule has 0 radical (unpaired) electrons. The van der Waals surface area contributed by atoms with E-state index in [2.05, 4.69) is 4.98 Å². The van der Waals surface area contributed by atoms with Gasteiger partial charge in [0, 0.05) is 22.7 Å². The maximum atomic E-state index is 12.5. The van der Waals surface area contributed by atoms with E-state index in [0.717, 1.165) is 10.9 Å². The first-order valence-corrected chi connectivity index (χ1v) is 7.16. The predicted molar refractivity (Wildman–Crippen MR) is 85.6 cm³/mol. The van der Waals surface area contributed by atoms with E-state index in [0.29, 0.717) is 5.56 Å². The van der Waals surface area contributed by atoms with Gasteiger partial charge in [-0.3, -0.25) is 4.79 Å². The molecular weight excluding hydrogens is 294 g/mol. The van der Waals surface area contributed by atoms with E-state index in [1.165, 1.54) is 31.2 Å². The van der Waals surface area contributed by atoms with Gasteiger partial charge in [-0.1, -0.05) is 24.3 Å². The number of esters is 1. The van der Waals surface area contributed by atoms with E-state index < -0.39 is 12.1 Å². The third-order valence-corrected chi connectivity index (χ3v) is 3.59. The molecule has 0 amide bonds. The maximum Gasteiger partial charge on any atom is 0.338 e. The summed E-state index contributed by atoms with van der Waals surface area (Å²) in [5.41, 5.74) is 1.53. The first kappa shape index (κ1) is 14.8. The number of carbonyl (C=O) groups excluding carboxylic acids is 2. The number of hydrogen-bond donors (Lipinski definition) is 2. The van der Waals surface area contributed by atoms with Crippen molar-refractivity contribution in [1.29, 1.82) is 0 Å². The predicted octanol–water partition coefficient (Wildman–Crippen LogP) is 3.30. The number of hydrogen-bond acceptors (Lipinski definition) is 4. The van der Waals surface area contributed by atoms with Crippen LogP contribution in [0.1, 0.15) is 27.6 Å². The molecule has 0 aliphatic heterocycles. The molecule has 1 aromatic heterocycles. The summed E-state index contributed by atoms with van der Waals surface area (Å²) in [5, 5.41) is 10.2. The number of benzene rings is 2. The van der Waals surface area contributed by atoms with E-state index in [1.807, 2.05) is 24.3 Å². The van der Waals surface area contributed by atoms with Crippen molar-refractivity contribution in [3.63, 3.8) is 0 Å². The van der Waals surface area contributed by atoms with Crippen LogP contribution in [0.5, 0.6) is 5.75 Å². The maximum absolute atomic E-state index is 12.5. The fourth-order valence-corrected chi connectivity index (χ4v) is 2.41. The number of fused-ring (bicyclic) bond motifs is 1. The van der Waals surface area contributed by atoms with Crippen LogP contribution in [0.4, 0.5) is 0 Å². The molecule has 0 saturated carbocycles. The minimum atomic E-state index is -0.927. The van der Waals surface area contributed by atoms with E-state index in [-0.39, 0.29) is 17.1 Å². The Hall–Kier alpha value is -3.08. The molecule has 0 bridgehead atoms. The average Bonchev–Trinajstić information content (AvgIpc) is 2.98. The number of carbonyl (C=O) groups is 2. The summed E-state index contributed by atoms with van der Waals surface area (Å²) >= 11 is 0. The molecule has 0 saturated heterocycles. The topological polar surface area (TPSA) is 79.4 Å². The molecule has 0 spiro atoms. The average molecular weight is 309 g/mol. The molecule has 0 fully saturated rings. The summed E-state index contributed by atoms with van der Waals surface area (Å²) in [4.78, 5) is 27.6. The van der Waals surface area contributed by atoms with Gasteiger partial charge in [-0.25, -0.2) is 4.79 Å². The second-order valence-electron chi connectivity index (χ2n) is 5.21. The quantitative estimate of drug-likeness (QED) is 0.572. The number of aromatic nitrogens is 1. The largest absolute Gasteiger partial charge is 0.508 e. The molecule has 116 valence electrons. The smallest absolute Gasteiger partial charge is 0.338 e. The number of phenolic OH excluding ortho intramolecular Hbond substituents is 1. The fraction of sp³-hybridized carbons (Fsp3) is 0.111. The van der Waals surface area contributed by atoms with Gasteiger partial charge in [0.25, 0.3) is 0 Å². The summed E-state index contributed by atoms with van der Waals surface area (Å²) in [6, 6.07) is 13.2. The third kappa shape index (κ3) is 2.94. The zero-order valence-corrected chi connectivity index (χ0v) is 12.4. The van der Waals surface area contributed by atoms with Crippen molar-refractivity contribution in [2.75, 3.05) is 0 Å². The first-order valence-electron chi connectivity index (χ1n) is 7.16. The molecule has 1 atom stereocenters. The third-order valence-electron chi connectivity index (χ3n) is 3.59. The highest BCUT2D eigenvalue weighted by atomic mass is 16.5. The van der Waals surface area contributed by atoms with Crippen LogP contribution in [0.25, 0.3) is 10.9 Å². The van der Waals surface area contributed by atoms with Crippen molar-refractivity contribution in [3.05, 3.63) is 65.9 Å². The normalized spacial score (nSPS) is 12.0. The van der Waals surface area contributed by atoms with E-state index in [9.17, 15) is 14.7 Å². The van der Waals surface area contributed by atoms with Crippen LogP contribution < -0.4 is 0 Å². The Morgan fingerprint density at radius 3 is 2.70 bits per heavy atom. The van der Waals surface area contributed by atoms with Crippen molar-refractivity contribution in [2.24, 2.45) is 0 Å². The van der Waals surface area contributed by atoms with Crippen molar-refractivity contribution >= 4 is 22.7 Å². The number of aromatic amines is 1. The van der Waals surface area contributed by atoms with Crippen molar-refractivity contribution in [2.45, 2.75) is 13.0 Å². The molecule has 3 aromatic rings. The second kappa shape index (κ2) is 5.96. The van der Waals surface area contributed by atoms with Gasteiger partial charge in [0.05, 0.1) is 5.56 Å². The monoisotopic (exact) mass is 309 g/mol. The van der Waals surface area contributed by atoms with Crippen molar-refractivity contribution in [3.8, 4) is 5.75 Å².